The minimum atomic E-state index is 0.389. The second-order valence-corrected chi connectivity index (χ2v) is 6.44. The standard InChI is InChI=1S/C19H21N3OS/c1-2-3-14-24-19-21-20-18(15-23-17-12-8-5-9-13-17)22(19)16-10-6-4-7-11-16/h4-13H,2-3,14-15H2,1H3. The van der Waals surface area contributed by atoms with E-state index in [1.54, 1.807) is 11.8 Å². The summed E-state index contributed by atoms with van der Waals surface area (Å²) < 4.78 is 7.95. The number of rotatable bonds is 8. The molecule has 0 radical (unpaired) electrons. The SMILES string of the molecule is CCCCSc1nnc(COc2ccccc2)n1-c1ccccc1. The summed E-state index contributed by atoms with van der Waals surface area (Å²) in [6.45, 7) is 2.59. The molecule has 24 heavy (non-hydrogen) atoms. The number of unbranched alkanes of at least 4 members (excludes halogenated alkanes) is 1. The van der Waals surface area contributed by atoms with Gasteiger partial charge in [0, 0.05) is 11.4 Å². The molecule has 0 atom stereocenters. The van der Waals surface area contributed by atoms with Crippen LogP contribution in [0, 0.1) is 0 Å². The van der Waals surface area contributed by atoms with Gasteiger partial charge in [0.05, 0.1) is 0 Å². The second-order valence-electron chi connectivity index (χ2n) is 5.37. The number of aromatic nitrogens is 3. The summed E-state index contributed by atoms with van der Waals surface area (Å²) in [7, 11) is 0. The summed E-state index contributed by atoms with van der Waals surface area (Å²) >= 11 is 1.74. The van der Waals surface area contributed by atoms with Crippen LogP contribution in [0.1, 0.15) is 25.6 Å². The number of hydrogen-bond donors (Lipinski definition) is 0. The van der Waals surface area contributed by atoms with Crippen LogP contribution in [0.2, 0.25) is 0 Å². The van der Waals surface area contributed by atoms with Crippen molar-refractivity contribution in [2.45, 2.75) is 31.5 Å². The molecule has 5 heteroatoms. The molecule has 0 bridgehead atoms. The molecule has 0 amide bonds. The van der Waals surface area contributed by atoms with Crippen molar-refractivity contribution in [1.29, 1.82) is 0 Å². The smallest absolute Gasteiger partial charge is 0.195 e. The van der Waals surface area contributed by atoms with Crippen molar-refractivity contribution in [1.82, 2.24) is 14.8 Å². The molecular weight excluding hydrogens is 318 g/mol. The maximum atomic E-state index is 5.86. The number of ether oxygens (including phenoxy) is 1. The molecule has 0 saturated carbocycles. The Morgan fingerprint density at radius 1 is 0.958 bits per heavy atom. The summed E-state index contributed by atoms with van der Waals surface area (Å²) in [6, 6.07) is 20.0. The van der Waals surface area contributed by atoms with Gasteiger partial charge in [-0.05, 0) is 30.7 Å². The fraction of sp³-hybridized carbons (Fsp3) is 0.263. The minimum Gasteiger partial charge on any atom is -0.486 e. The van der Waals surface area contributed by atoms with Crippen LogP contribution >= 0.6 is 11.8 Å². The molecule has 0 unspecified atom stereocenters. The lowest BCUT2D eigenvalue weighted by atomic mass is 10.3. The Kier molecular flexibility index (Phi) is 5.90. The zero-order chi connectivity index (χ0) is 16.6. The van der Waals surface area contributed by atoms with Crippen molar-refractivity contribution < 1.29 is 4.74 Å². The monoisotopic (exact) mass is 339 g/mol. The maximum absolute atomic E-state index is 5.86. The lowest BCUT2D eigenvalue weighted by molar-refractivity contribution is 0.293. The van der Waals surface area contributed by atoms with Gasteiger partial charge in [-0.1, -0.05) is 61.5 Å². The number of para-hydroxylation sites is 2. The molecule has 0 spiro atoms. The summed E-state index contributed by atoms with van der Waals surface area (Å²) in [5.41, 5.74) is 1.06. The van der Waals surface area contributed by atoms with Gasteiger partial charge in [0.2, 0.25) is 0 Å². The van der Waals surface area contributed by atoms with Crippen LogP contribution in [0.3, 0.4) is 0 Å². The molecule has 2 aromatic carbocycles. The molecule has 4 nitrogen and oxygen atoms in total. The Morgan fingerprint density at radius 3 is 2.38 bits per heavy atom. The highest BCUT2D eigenvalue weighted by Gasteiger charge is 2.14. The Labute approximate surface area is 146 Å². The van der Waals surface area contributed by atoms with Crippen molar-refractivity contribution in [3.8, 4) is 11.4 Å². The highest BCUT2D eigenvalue weighted by atomic mass is 32.2. The van der Waals surface area contributed by atoms with Crippen molar-refractivity contribution >= 4 is 11.8 Å². The van der Waals surface area contributed by atoms with Gasteiger partial charge in [0.15, 0.2) is 11.0 Å². The van der Waals surface area contributed by atoms with E-state index in [-0.39, 0.29) is 0 Å². The van der Waals surface area contributed by atoms with Crippen LogP contribution in [0.15, 0.2) is 65.8 Å². The van der Waals surface area contributed by atoms with Crippen molar-refractivity contribution in [2.75, 3.05) is 5.75 Å². The Hall–Kier alpha value is -2.27. The van der Waals surface area contributed by atoms with E-state index in [2.05, 4.69) is 33.8 Å². The van der Waals surface area contributed by atoms with E-state index in [9.17, 15) is 0 Å². The number of benzene rings is 2. The van der Waals surface area contributed by atoms with E-state index in [0.717, 1.165) is 28.2 Å². The van der Waals surface area contributed by atoms with Gasteiger partial charge in [0.1, 0.15) is 12.4 Å². The van der Waals surface area contributed by atoms with Gasteiger partial charge < -0.3 is 4.74 Å². The van der Waals surface area contributed by atoms with Gasteiger partial charge in [0.25, 0.3) is 0 Å². The summed E-state index contributed by atoms with van der Waals surface area (Å²) in [6.07, 6.45) is 2.35. The largest absolute Gasteiger partial charge is 0.486 e. The van der Waals surface area contributed by atoms with Gasteiger partial charge in [-0.2, -0.15) is 0 Å². The van der Waals surface area contributed by atoms with Crippen LogP contribution in [-0.4, -0.2) is 20.5 Å². The topological polar surface area (TPSA) is 39.9 Å². The van der Waals surface area contributed by atoms with Crippen LogP contribution in [0.4, 0.5) is 0 Å². The van der Waals surface area contributed by atoms with Gasteiger partial charge in [-0.3, -0.25) is 4.57 Å². The van der Waals surface area contributed by atoms with E-state index in [1.807, 2.05) is 48.5 Å². The summed E-state index contributed by atoms with van der Waals surface area (Å²) in [5.74, 6) is 2.69. The van der Waals surface area contributed by atoms with E-state index in [0.29, 0.717) is 6.61 Å². The quantitative estimate of drug-likeness (QED) is 0.439. The molecule has 3 aromatic rings. The molecule has 0 N–H and O–H groups in total. The lowest BCUT2D eigenvalue weighted by Crippen LogP contribution is -2.06. The van der Waals surface area contributed by atoms with E-state index >= 15 is 0 Å². The third-order valence-corrected chi connectivity index (χ3v) is 4.57. The maximum Gasteiger partial charge on any atom is 0.195 e. The number of thioether (sulfide) groups is 1. The first-order chi connectivity index (χ1) is 11.9. The van der Waals surface area contributed by atoms with Crippen LogP contribution in [-0.2, 0) is 6.61 Å². The Bertz CT molecular complexity index is 744. The van der Waals surface area contributed by atoms with Gasteiger partial charge >= 0.3 is 0 Å². The van der Waals surface area contributed by atoms with Crippen LogP contribution in [0.25, 0.3) is 5.69 Å². The third kappa shape index (κ3) is 4.17. The molecule has 3 rings (SSSR count). The fourth-order valence-corrected chi connectivity index (χ4v) is 3.35. The lowest BCUT2D eigenvalue weighted by Gasteiger charge is -2.11. The number of hydrogen-bond acceptors (Lipinski definition) is 4. The second kappa shape index (κ2) is 8.55. The zero-order valence-corrected chi connectivity index (χ0v) is 14.6. The van der Waals surface area contributed by atoms with Crippen LogP contribution in [0.5, 0.6) is 5.75 Å². The van der Waals surface area contributed by atoms with Crippen LogP contribution < -0.4 is 4.74 Å². The molecule has 0 saturated heterocycles. The van der Waals surface area contributed by atoms with Crippen molar-refractivity contribution in [2.24, 2.45) is 0 Å². The van der Waals surface area contributed by atoms with Crippen molar-refractivity contribution in [3.63, 3.8) is 0 Å². The molecule has 1 aromatic heterocycles. The molecule has 0 fully saturated rings. The normalized spacial score (nSPS) is 10.7. The number of nitrogens with zero attached hydrogens (tertiary/aromatic N) is 3. The average Bonchev–Trinajstić information content (AvgIpc) is 3.05. The van der Waals surface area contributed by atoms with E-state index in [4.69, 9.17) is 4.74 Å². The van der Waals surface area contributed by atoms with Gasteiger partial charge in [-0.15, -0.1) is 10.2 Å². The Balaban J connectivity index is 1.82. The third-order valence-electron chi connectivity index (χ3n) is 3.55. The molecule has 0 aliphatic carbocycles. The first-order valence-electron chi connectivity index (χ1n) is 8.19. The zero-order valence-electron chi connectivity index (χ0n) is 13.8. The predicted molar refractivity (Wildman–Crippen MR) is 97.8 cm³/mol. The fourth-order valence-electron chi connectivity index (χ4n) is 2.30. The molecule has 124 valence electrons. The summed E-state index contributed by atoms with van der Waals surface area (Å²) in [5, 5.41) is 9.64. The minimum absolute atomic E-state index is 0.389. The molecular formula is C19H21N3OS. The first-order valence-corrected chi connectivity index (χ1v) is 9.17. The predicted octanol–water partition coefficient (Wildman–Crippen LogP) is 4.74. The average molecular weight is 339 g/mol. The highest BCUT2D eigenvalue weighted by Crippen LogP contribution is 2.23. The van der Waals surface area contributed by atoms with Crippen molar-refractivity contribution in [3.05, 3.63) is 66.5 Å². The summed E-state index contributed by atoms with van der Waals surface area (Å²) in [4.78, 5) is 0. The first kappa shape index (κ1) is 16.6. The van der Waals surface area contributed by atoms with E-state index in [1.165, 1.54) is 12.8 Å². The highest BCUT2D eigenvalue weighted by molar-refractivity contribution is 7.99. The van der Waals surface area contributed by atoms with E-state index < -0.39 is 0 Å². The van der Waals surface area contributed by atoms with Gasteiger partial charge in [-0.25, -0.2) is 0 Å². The molecule has 0 aliphatic heterocycles. The molecule has 1 heterocycles. The molecule has 0 aliphatic rings. The Morgan fingerprint density at radius 2 is 1.67 bits per heavy atom.